The van der Waals surface area contributed by atoms with Crippen LogP contribution in [0.25, 0.3) is 0 Å². The van der Waals surface area contributed by atoms with Gasteiger partial charge < -0.3 is 10.4 Å². The first-order valence-electron chi connectivity index (χ1n) is 8.64. The van der Waals surface area contributed by atoms with Gasteiger partial charge in [0.05, 0.1) is 11.5 Å². The molecule has 1 fully saturated rings. The van der Waals surface area contributed by atoms with Crippen LogP contribution in [0.5, 0.6) is 0 Å². The molecule has 2 N–H and O–H groups in total. The van der Waals surface area contributed by atoms with E-state index < -0.39 is 10.0 Å². The van der Waals surface area contributed by atoms with Crippen LogP contribution in [0.1, 0.15) is 48.0 Å². The van der Waals surface area contributed by atoms with Gasteiger partial charge in [-0.1, -0.05) is 25.3 Å². The van der Waals surface area contributed by atoms with Gasteiger partial charge in [0, 0.05) is 31.6 Å². The quantitative estimate of drug-likeness (QED) is 0.803. The van der Waals surface area contributed by atoms with Crippen molar-refractivity contribution in [3.63, 3.8) is 0 Å². The summed E-state index contributed by atoms with van der Waals surface area (Å²) in [4.78, 5) is 12.6. The van der Waals surface area contributed by atoms with Crippen LogP contribution in [-0.4, -0.2) is 51.0 Å². The van der Waals surface area contributed by atoms with Crippen LogP contribution < -0.4 is 5.32 Å². The number of carbonyl (C=O) groups excluding carboxylic acids is 1. The van der Waals surface area contributed by atoms with Crippen molar-refractivity contribution >= 4 is 15.9 Å². The van der Waals surface area contributed by atoms with Crippen molar-refractivity contribution < 1.29 is 18.3 Å². The fraction of sp³-hybridized carbons (Fsp3) is 0.611. The second kappa shape index (κ2) is 7.85. The summed E-state index contributed by atoms with van der Waals surface area (Å²) >= 11 is 0. The fourth-order valence-electron chi connectivity index (χ4n) is 3.28. The van der Waals surface area contributed by atoms with Crippen LogP contribution in [0.4, 0.5) is 0 Å². The van der Waals surface area contributed by atoms with Gasteiger partial charge in [0.15, 0.2) is 0 Å². The van der Waals surface area contributed by atoms with Crippen LogP contribution in [0.3, 0.4) is 0 Å². The smallest absolute Gasteiger partial charge is 0.251 e. The lowest BCUT2D eigenvalue weighted by Gasteiger charge is -2.35. The molecule has 0 spiro atoms. The van der Waals surface area contributed by atoms with Gasteiger partial charge in [-0.25, -0.2) is 12.7 Å². The van der Waals surface area contributed by atoms with Gasteiger partial charge in [-0.2, -0.15) is 0 Å². The van der Waals surface area contributed by atoms with E-state index in [-0.39, 0.29) is 22.8 Å². The average molecular weight is 368 g/mol. The number of sulfonamides is 1. The maximum atomic E-state index is 12.5. The summed E-state index contributed by atoms with van der Waals surface area (Å²) in [6, 6.07) is 4.70. The van der Waals surface area contributed by atoms with E-state index >= 15 is 0 Å². The Morgan fingerprint density at radius 1 is 1.24 bits per heavy atom. The van der Waals surface area contributed by atoms with Gasteiger partial charge in [-0.05, 0) is 37.5 Å². The lowest BCUT2D eigenvalue weighted by atomic mass is 9.74. The molecular formula is C18H28N2O4S. The van der Waals surface area contributed by atoms with E-state index in [0.717, 1.165) is 30.0 Å². The normalized spacial score (nSPS) is 17.5. The van der Waals surface area contributed by atoms with Crippen LogP contribution in [0, 0.1) is 12.3 Å². The largest absolute Gasteiger partial charge is 0.396 e. The molecular weight excluding hydrogens is 340 g/mol. The molecule has 2 rings (SSSR count). The molecule has 140 valence electrons. The zero-order valence-electron chi connectivity index (χ0n) is 15.2. The van der Waals surface area contributed by atoms with Crippen molar-refractivity contribution in [2.24, 2.45) is 5.41 Å². The summed E-state index contributed by atoms with van der Waals surface area (Å²) in [5, 5.41) is 12.6. The molecule has 0 unspecified atom stereocenters. The zero-order chi connectivity index (χ0) is 18.7. The molecule has 1 aromatic rings. The van der Waals surface area contributed by atoms with Crippen LogP contribution in [0.2, 0.25) is 0 Å². The standard InChI is InChI=1S/C18H28N2O4S/c1-14-7-8-15(11-16(14)25(23,24)20(2)3)17(22)19-12-18(13-21)9-5-4-6-10-18/h7-8,11,21H,4-6,9-10,12-13H2,1-3H3,(H,19,22). The Balaban J connectivity index is 2.17. The fourth-order valence-corrected chi connectivity index (χ4v) is 4.42. The topological polar surface area (TPSA) is 86.7 Å². The maximum absolute atomic E-state index is 12.5. The highest BCUT2D eigenvalue weighted by Crippen LogP contribution is 2.35. The van der Waals surface area contributed by atoms with Crippen LogP contribution in [0.15, 0.2) is 23.1 Å². The summed E-state index contributed by atoms with van der Waals surface area (Å²) in [6.45, 7) is 2.17. The molecule has 0 atom stereocenters. The van der Waals surface area contributed by atoms with Crippen molar-refractivity contribution in [2.45, 2.75) is 43.9 Å². The molecule has 0 heterocycles. The lowest BCUT2D eigenvalue weighted by Crippen LogP contribution is -2.41. The van der Waals surface area contributed by atoms with Gasteiger partial charge in [0.25, 0.3) is 5.91 Å². The second-order valence-electron chi connectivity index (χ2n) is 7.17. The van der Waals surface area contributed by atoms with Crippen molar-refractivity contribution in [2.75, 3.05) is 27.2 Å². The molecule has 6 nitrogen and oxygen atoms in total. The summed E-state index contributed by atoms with van der Waals surface area (Å²) in [5.41, 5.74) is 0.663. The van der Waals surface area contributed by atoms with E-state index in [1.54, 1.807) is 19.1 Å². The first-order chi connectivity index (χ1) is 11.7. The minimum absolute atomic E-state index is 0.0570. The molecule has 1 aliphatic rings. The van der Waals surface area contributed by atoms with Gasteiger partial charge in [-0.3, -0.25) is 4.79 Å². The number of hydrogen-bond acceptors (Lipinski definition) is 4. The van der Waals surface area contributed by atoms with E-state index in [0.29, 0.717) is 17.7 Å². The number of benzene rings is 1. The van der Waals surface area contributed by atoms with Crippen molar-refractivity contribution in [1.29, 1.82) is 0 Å². The summed E-state index contributed by atoms with van der Waals surface area (Å²) in [6.07, 6.45) is 5.09. The van der Waals surface area contributed by atoms with Gasteiger partial charge in [-0.15, -0.1) is 0 Å². The van der Waals surface area contributed by atoms with E-state index in [4.69, 9.17) is 0 Å². The molecule has 0 aliphatic heterocycles. The highest BCUT2D eigenvalue weighted by atomic mass is 32.2. The zero-order valence-corrected chi connectivity index (χ0v) is 16.0. The van der Waals surface area contributed by atoms with Crippen LogP contribution >= 0.6 is 0 Å². The number of hydrogen-bond donors (Lipinski definition) is 2. The molecule has 1 saturated carbocycles. The number of aliphatic hydroxyl groups excluding tert-OH is 1. The van der Waals surface area contributed by atoms with E-state index in [1.165, 1.54) is 26.6 Å². The molecule has 0 radical (unpaired) electrons. The van der Waals surface area contributed by atoms with Gasteiger partial charge in [0.2, 0.25) is 10.0 Å². The van der Waals surface area contributed by atoms with Crippen molar-refractivity contribution in [1.82, 2.24) is 9.62 Å². The second-order valence-corrected chi connectivity index (χ2v) is 9.29. The first kappa shape index (κ1) is 19.9. The third kappa shape index (κ3) is 4.40. The van der Waals surface area contributed by atoms with Crippen molar-refractivity contribution in [3.05, 3.63) is 29.3 Å². The van der Waals surface area contributed by atoms with E-state index in [1.807, 2.05) is 0 Å². The summed E-state index contributed by atoms with van der Waals surface area (Å²) in [7, 11) is -0.667. The lowest BCUT2D eigenvalue weighted by molar-refractivity contribution is 0.0718. The molecule has 7 heteroatoms. The SMILES string of the molecule is Cc1ccc(C(=O)NCC2(CO)CCCCC2)cc1S(=O)(=O)N(C)C. The molecule has 0 saturated heterocycles. The Morgan fingerprint density at radius 2 is 1.88 bits per heavy atom. The molecule has 0 bridgehead atoms. The maximum Gasteiger partial charge on any atom is 0.251 e. The number of nitrogens with zero attached hydrogens (tertiary/aromatic N) is 1. The molecule has 25 heavy (non-hydrogen) atoms. The first-order valence-corrected chi connectivity index (χ1v) is 10.1. The van der Waals surface area contributed by atoms with Gasteiger partial charge >= 0.3 is 0 Å². The molecule has 1 amide bonds. The highest BCUT2D eigenvalue weighted by Gasteiger charge is 2.32. The molecule has 1 aromatic carbocycles. The third-order valence-electron chi connectivity index (χ3n) is 5.08. The third-order valence-corrected chi connectivity index (χ3v) is 7.04. The highest BCUT2D eigenvalue weighted by molar-refractivity contribution is 7.89. The molecule has 1 aliphatic carbocycles. The number of carbonyl (C=O) groups is 1. The number of aliphatic hydroxyl groups is 1. The molecule has 0 aromatic heterocycles. The number of aryl methyl sites for hydroxylation is 1. The predicted octanol–water partition coefficient (Wildman–Crippen LogP) is 1.92. The average Bonchev–Trinajstić information content (AvgIpc) is 2.60. The minimum Gasteiger partial charge on any atom is -0.396 e. The summed E-state index contributed by atoms with van der Waals surface area (Å²) < 4.78 is 25.9. The number of nitrogens with one attached hydrogen (secondary N) is 1. The number of rotatable bonds is 6. The number of amides is 1. The summed E-state index contributed by atoms with van der Waals surface area (Å²) in [5.74, 6) is -0.311. The van der Waals surface area contributed by atoms with Gasteiger partial charge in [0.1, 0.15) is 0 Å². The monoisotopic (exact) mass is 368 g/mol. The predicted molar refractivity (Wildman–Crippen MR) is 97.0 cm³/mol. The Bertz CT molecular complexity index is 723. The Labute approximate surface area is 150 Å². The minimum atomic E-state index is -3.60. The Morgan fingerprint density at radius 3 is 2.44 bits per heavy atom. The van der Waals surface area contributed by atoms with E-state index in [2.05, 4.69) is 5.32 Å². The van der Waals surface area contributed by atoms with Crippen LogP contribution in [-0.2, 0) is 10.0 Å². The Hall–Kier alpha value is -1.44. The Kier molecular flexibility index (Phi) is 6.24. The van der Waals surface area contributed by atoms with Crippen molar-refractivity contribution in [3.8, 4) is 0 Å². The van der Waals surface area contributed by atoms with E-state index in [9.17, 15) is 18.3 Å².